The molecule has 1 aromatic carbocycles. The number of nitrogens with two attached hydrogens (primary N) is 1. The van der Waals surface area contributed by atoms with Gasteiger partial charge in [0.05, 0.1) is 11.3 Å². The van der Waals surface area contributed by atoms with Gasteiger partial charge in [0.15, 0.2) is 5.78 Å². The van der Waals surface area contributed by atoms with Crippen LogP contribution in [0.15, 0.2) is 30.5 Å². The van der Waals surface area contributed by atoms with Crippen LogP contribution in [0.2, 0.25) is 0 Å². The van der Waals surface area contributed by atoms with Crippen LogP contribution in [0.1, 0.15) is 60.3 Å². The largest absolute Gasteiger partial charge is 0.368 e. The molecule has 0 saturated heterocycles. The number of nitrogen functional groups attached to an aromatic ring is 1. The van der Waals surface area contributed by atoms with E-state index in [1.165, 1.54) is 11.1 Å². The molecule has 22 heavy (non-hydrogen) atoms. The monoisotopic (exact) mass is 295 g/mol. The Morgan fingerprint density at radius 2 is 1.82 bits per heavy atom. The van der Waals surface area contributed by atoms with Gasteiger partial charge in [0.25, 0.3) is 0 Å². The second kappa shape index (κ2) is 5.20. The molecule has 1 aromatic heterocycles. The maximum absolute atomic E-state index is 12.3. The minimum absolute atomic E-state index is 0.103. The molecule has 0 aliphatic heterocycles. The SMILES string of the molecule is CC(C)(C)c1ccc([C@H]2CC(=O)c3cnc(N)nc3C2)cc1. The van der Waals surface area contributed by atoms with Gasteiger partial charge in [-0.1, -0.05) is 45.0 Å². The first-order valence-electron chi connectivity index (χ1n) is 7.59. The van der Waals surface area contributed by atoms with Crippen molar-refractivity contribution in [3.05, 3.63) is 52.8 Å². The second-order valence-corrected chi connectivity index (χ2v) is 6.99. The van der Waals surface area contributed by atoms with E-state index in [-0.39, 0.29) is 23.1 Å². The Hall–Kier alpha value is -2.23. The third kappa shape index (κ3) is 2.73. The number of Topliss-reactive ketones (excluding diaryl/α,β-unsaturated/α-hetero) is 1. The summed E-state index contributed by atoms with van der Waals surface area (Å²) in [6.07, 6.45) is 2.80. The van der Waals surface area contributed by atoms with Gasteiger partial charge >= 0.3 is 0 Å². The Morgan fingerprint density at radius 1 is 1.14 bits per heavy atom. The molecular formula is C18H21N3O. The van der Waals surface area contributed by atoms with E-state index in [2.05, 4.69) is 55.0 Å². The van der Waals surface area contributed by atoms with Crippen LogP contribution in [0, 0.1) is 0 Å². The molecule has 1 aliphatic carbocycles. The maximum atomic E-state index is 12.3. The van der Waals surface area contributed by atoms with Gasteiger partial charge in [-0.05, 0) is 28.9 Å². The number of aromatic nitrogens is 2. The molecule has 1 aliphatic rings. The quantitative estimate of drug-likeness (QED) is 0.876. The minimum atomic E-state index is 0.103. The topological polar surface area (TPSA) is 68.9 Å². The van der Waals surface area contributed by atoms with Crippen molar-refractivity contribution in [2.24, 2.45) is 0 Å². The molecule has 0 unspecified atom stereocenters. The van der Waals surface area contributed by atoms with Crippen LogP contribution in [0.3, 0.4) is 0 Å². The van der Waals surface area contributed by atoms with Crippen LogP contribution in [0.25, 0.3) is 0 Å². The summed E-state index contributed by atoms with van der Waals surface area (Å²) in [5, 5.41) is 0. The van der Waals surface area contributed by atoms with Crippen LogP contribution in [0.4, 0.5) is 5.95 Å². The van der Waals surface area contributed by atoms with E-state index in [9.17, 15) is 4.79 Å². The molecule has 114 valence electrons. The lowest BCUT2D eigenvalue weighted by Crippen LogP contribution is -2.21. The number of anilines is 1. The number of ketones is 1. The first-order valence-corrected chi connectivity index (χ1v) is 7.59. The number of benzene rings is 1. The van der Waals surface area contributed by atoms with E-state index >= 15 is 0 Å². The summed E-state index contributed by atoms with van der Waals surface area (Å²) < 4.78 is 0. The van der Waals surface area contributed by atoms with Crippen molar-refractivity contribution in [3.63, 3.8) is 0 Å². The zero-order chi connectivity index (χ0) is 15.9. The van der Waals surface area contributed by atoms with Crippen molar-refractivity contribution in [2.45, 2.75) is 44.9 Å². The van der Waals surface area contributed by atoms with Crippen molar-refractivity contribution in [1.29, 1.82) is 0 Å². The second-order valence-electron chi connectivity index (χ2n) is 6.99. The lowest BCUT2D eigenvalue weighted by Gasteiger charge is -2.24. The predicted molar refractivity (Wildman–Crippen MR) is 87.0 cm³/mol. The van der Waals surface area contributed by atoms with Crippen LogP contribution in [-0.4, -0.2) is 15.8 Å². The highest BCUT2D eigenvalue weighted by Crippen LogP contribution is 2.33. The number of carbonyl (C=O) groups excluding carboxylic acids is 1. The Morgan fingerprint density at radius 3 is 2.45 bits per heavy atom. The summed E-state index contributed by atoms with van der Waals surface area (Å²) in [5.41, 5.74) is 9.65. The lowest BCUT2D eigenvalue weighted by molar-refractivity contribution is 0.0962. The molecule has 0 saturated carbocycles. The number of hydrogen-bond donors (Lipinski definition) is 1. The molecule has 0 bridgehead atoms. The lowest BCUT2D eigenvalue weighted by atomic mass is 9.80. The number of rotatable bonds is 1. The Bertz CT molecular complexity index is 714. The summed E-state index contributed by atoms with van der Waals surface area (Å²) in [6.45, 7) is 6.59. The number of hydrogen-bond acceptors (Lipinski definition) is 4. The van der Waals surface area contributed by atoms with Gasteiger partial charge in [0, 0.05) is 12.6 Å². The third-order valence-corrected chi connectivity index (χ3v) is 4.31. The molecule has 2 aromatic rings. The Labute approximate surface area is 130 Å². The first kappa shape index (κ1) is 14.7. The summed E-state index contributed by atoms with van der Waals surface area (Å²) >= 11 is 0. The molecule has 3 rings (SSSR count). The zero-order valence-corrected chi connectivity index (χ0v) is 13.3. The fourth-order valence-corrected chi connectivity index (χ4v) is 2.95. The third-order valence-electron chi connectivity index (χ3n) is 4.31. The summed E-state index contributed by atoms with van der Waals surface area (Å²) in [6, 6.07) is 8.58. The Kier molecular flexibility index (Phi) is 3.47. The smallest absolute Gasteiger partial charge is 0.220 e. The van der Waals surface area contributed by atoms with Crippen LogP contribution in [-0.2, 0) is 11.8 Å². The molecule has 0 spiro atoms. The van der Waals surface area contributed by atoms with E-state index in [0.29, 0.717) is 12.0 Å². The van der Waals surface area contributed by atoms with E-state index in [1.54, 1.807) is 6.20 Å². The molecule has 4 heteroatoms. The Balaban J connectivity index is 1.89. The summed E-state index contributed by atoms with van der Waals surface area (Å²) in [4.78, 5) is 20.5. The van der Waals surface area contributed by atoms with Gasteiger partial charge in [-0.3, -0.25) is 4.79 Å². The van der Waals surface area contributed by atoms with E-state index < -0.39 is 0 Å². The van der Waals surface area contributed by atoms with Crippen LogP contribution >= 0.6 is 0 Å². The summed E-state index contributed by atoms with van der Waals surface area (Å²) in [5.74, 6) is 0.504. The molecule has 0 amide bonds. The van der Waals surface area contributed by atoms with Crippen molar-refractivity contribution in [3.8, 4) is 0 Å². The van der Waals surface area contributed by atoms with Gasteiger partial charge in [-0.25, -0.2) is 9.97 Å². The minimum Gasteiger partial charge on any atom is -0.368 e. The van der Waals surface area contributed by atoms with E-state index in [1.807, 2.05) is 0 Å². The highest BCUT2D eigenvalue weighted by Gasteiger charge is 2.28. The fourth-order valence-electron chi connectivity index (χ4n) is 2.95. The molecular weight excluding hydrogens is 274 g/mol. The molecule has 0 radical (unpaired) electrons. The fraction of sp³-hybridized carbons (Fsp3) is 0.389. The predicted octanol–water partition coefficient (Wildman–Crippen LogP) is 3.27. The van der Waals surface area contributed by atoms with Gasteiger partial charge in [0.1, 0.15) is 0 Å². The van der Waals surface area contributed by atoms with Crippen molar-refractivity contribution >= 4 is 11.7 Å². The first-order chi connectivity index (χ1) is 10.3. The summed E-state index contributed by atoms with van der Waals surface area (Å²) in [7, 11) is 0. The van der Waals surface area contributed by atoms with Crippen molar-refractivity contribution < 1.29 is 4.79 Å². The molecule has 2 N–H and O–H groups in total. The van der Waals surface area contributed by atoms with E-state index in [0.717, 1.165) is 12.1 Å². The van der Waals surface area contributed by atoms with Gasteiger partial charge in [0.2, 0.25) is 5.95 Å². The van der Waals surface area contributed by atoms with Crippen LogP contribution in [0.5, 0.6) is 0 Å². The molecule has 1 atom stereocenters. The normalized spacial score (nSPS) is 18.1. The highest BCUT2D eigenvalue weighted by atomic mass is 16.1. The standard InChI is InChI=1S/C18H21N3O/c1-18(2,3)13-6-4-11(5-7-13)12-8-15-14(16(22)9-12)10-20-17(19)21-15/h4-7,10,12H,8-9H2,1-3H3,(H2,19,20,21)/t12-/m1/s1. The van der Waals surface area contributed by atoms with Gasteiger partial charge in [-0.15, -0.1) is 0 Å². The zero-order valence-electron chi connectivity index (χ0n) is 13.3. The van der Waals surface area contributed by atoms with E-state index in [4.69, 9.17) is 5.73 Å². The average molecular weight is 295 g/mol. The highest BCUT2D eigenvalue weighted by molar-refractivity contribution is 5.98. The number of nitrogens with zero attached hydrogens (tertiary/aromatic N) is 2. The molecule has 0 fully saturated rings. The number of fused-ring (bicyclic) bond motifs is 1. The average Bonchev–Trinajstić information content (AvgIpc) is 2.46. The molecule has 4 nitrogen and oxygen atoms in total. The van der Waals surface area contributed by atoms with Crippen molar-refractivity contribution in [1.82, 2.24) is 9.97 Å². The van der Waals surface area contributed by atoms with Crippen molar-refractivity contribution in [2.75, 3.05) is 5.73 Å². The maximum Gasteiger partial charge on any atom is 0.220 e. The number of carbonyl (C=O) groups is 1. The van der Waals surface area contributed by atoms with Crippen LogP contribution < -0.4 is 5.73 Å². The van der Waals surface area contributed by atoms with Gasteiger partial charge < -0.3 is 5.73 Å². The van der Waals surface area contributed by atoms with Gasteiger partial charge in [-0.2, -0.15) is 0 Å². The molecule has 1 heterocycles.